The monoisotopic (exact) mass is 819 g/mol. The summed E-state index contributed by atoms with van der Waals surface area (Å²) in [4.78, 5) is 31.7. The number of rotatable bonds is 3. The number of hydrogen-bond donors (Lipinski definition) is 1. The normalized spacial score (nSPS) is 9.55. The predicted molar refractivity (Wildman–Crippen MR) is 154 cm³/mol. The zero-order valence-corrected chi connectivity index (χ0v) is 29.8. The van der Waals surface area contributed by atoms with Crippen LogP contribution in [0.3, 0.4) is 0 Å². The van der Waals surface area contributed by atoms with E-state index in [2.05, 4.69) is 76.1 Å². The molecule has 0 aliphatic heterocycles. The van der Waals surface area contributed by atoms with Gasteiger partial charge in [0.15, 0.2) is 23.7 Å². The van der Waals surface area contributed by atoms with Crippen molar-refractivity contribution < 1.29 is 44.8 Å². The van der Waals surface area contributed by atoms with Gasteiger partial charge in [-0.1, -0.05) is 0 Å². The fourth-order valence-electron chi connectivity index (χ4n) is 1.91. The summed E-state index contributed by atoms with van der Waals surface area (Å²) in [5, 5.41) is 9.01. The van der Waals surface area contributed by atoms with Gasteiger partial charge in [-0.3, -0.25) is 9.59 Å². The summed E-state index contributed by atoms with van der Waals surface area (Å²) in [7, 11) is 1.08. The van der Waals surface area contributed by atoms with Crippen molar-refractivity contribution in [1.82, 2.24) is 15.0 Å². The summed E-state index contributed by atoms with van der Waals surface area (Å²) in [6, 6.07) is 8.01. The Morgan fingerprint density at radius 1 is 0.895 bits per heavy atom. The molecule has 0 spiro atoms. The van der Waals surface area contributed by atoms with Crippen molar-refractivity contribution in [2.24, 2.45) is 0 Å². The molecule has 1 atom stereocenters. The molecule has 0 aliphatic rings. The van der Waals surface area contributed by atoms with Gasteiger partial charge in [0, 0.05) is 6.92 Å². The Kier molecular flexibility index (Phi) is 28.7. The number of hydrogen-bond acceptors (Lipinski definition) is 6. The molecule has 6 nitrogen and oxygen atoms in total. The zero-order valence-electron chi connectivity index (χ0n) is 21.1. The number of pyridine rings is 3. The van der Waals surface area contributed by atoms with E-state index in [1.807, 2.05) is 0 Å². The number of aliphatic hydroxyl groups is 1. The number of aromatic nitrogens is 3. The molecule has 3 aromatic rings. The Balaban J connectivity index is -0.000000209. The predicted octanol–water partition coefficient (Wildman–Crippen LogP) is 4.02. The van der Waals surface area contributed by atoms with Crippen molar-refractivity contribution in [3.05, 3.63) is 92.2 Å². The van der Waals surface area contributed by atoms with Crippen molar-refractivity contribution in [3.8, 4) is 0 Å². The van der Waals surface area contributed by atoms with Crippen molar-refractivity contribution in [3.63, 3.8) is 0 Å². The van der Waals surface area contributed by atoms with Gasteiger partial charge in [-0.25, -0.2) is 28.1 Å². The quantitative estimate of drug-likeness (QED) is 0.107. The summed E-state index contributed by atoms with van der Waals surface area (Å²) in [6.45, 7) is 7.05. The molecule has 0 aromatic carbocycles. The standard InChI is InChI=1S/C7H7BrFNO.C7H5BrFNO.C6H3BrFNO.C2H7P.CH3.BrH.Mg/c2*1-4(11)7-5(9)2-3-6(8)10-7;7-6-2-1-4(8)5(3-10)9-6;1-3-2;;;/h2-4,11H,1H3;2-3H,1H3;1-3H;3H,1-2H3;1H3;1H;/q;;;;-1;;+2/p-1. The smallest absolute Gasteiger partial charge is 1.00 e. The van der Waals surface area contributed by atoms with Crippen LogP contribution in [0.15, 0.2) is 50.2 Å². The minimum Gasteiger partial charge on any atom is -1.00 e. The van der Waals surface area contributed by atoms with Crippen LogP contribution in [0.2, 0.25) is 0 Å². The molecule has 206 valence electrons. The van der Waals surface area contributed by atoms with Crippen molar-refractivity contribution >= 4 is 91.5 Å². The third-order valence-corrected chi connectivity index (χ3v) is 4.66. The Bertz CT molecular complexity index is 1140. The van der Waals surface area contributed by atoms with E-state index in [1.165, 1.54) is 50.2 Å². The summed E-state index contributed by atoms with van der Waals surface area (Å²) in [5.41, 5.74) is -0.229. The van der Waals surface area contributed by atoms with Gasteiger partial charge in [-0.2, -0.15) is 0 Å². The molecule has 1 N–H and O–H groups in total. The summed E-state index contributed by atoms with van der Waals surface area (Å²) < 4.78 is 39.4. The third-order valence-electron chi connectivity index (χ3n) is 3.33. The first-order valence-electron chi connectivity index (χ1n) is 9.56. The van der Waals surface area contributed by atoms with Crippen LogP contribution < -0.4 is 17.0 Å². The Morgan fingerprint density at radius 2 is 1.29 bits per heavy atom. The van der Waals surface area contributed by atoms with Gasteiger partial charge in [0.1, 0.15) is 36.7 Å². The molecule has 0 saturated heterocycles. The summed E-state index contributed by atoms with van der Waals surface area (Å²) >= 11 is 9.11. The van der Waals surface area contributed by atoms with Gasteiger partial charge < -0.3 is 29.5 Å². The molecule has 3 rings (SSSR count). The van der Waals surface area contributed by atoms with E-state index in [9.17, 15) is 22.8 Å². The van der Waals surface area contributed by atoms with E-state index in [0.717, 1.165) is 8.58 Å². The van der Waals surface area contributed by atoms with E-state index in [0.29, 0.717) is 20.1 Å². The van der Waals surface area contributed by atoms with Crippen LogP contribution in [0.4, 0.5) is 13.2 Å². The maximum absolute atomic E-state index is 12.8. The van der Waals surface area contributed by atoms with Crippen LogP contribution in [0.5, 0.6) is 0 Å². The minimum atomic E-state index is -0.868. The summed E-state index contributed by atoms with van der Waals surface area (Å²) in [5.74, 6) is -2.04. The Labute approximate surface area is 274 Å². The van der Waals surface area contributed by atoms with Crippen LogP contribution in [0.25, 0.3) is 0 Å². The molecule has 3 aromatic heterocycles. The first-order valence-corrected chi connectivity index (χ1v) is 13.9. The Hall–Kier alpha value is -0.344. The largest absolute Gasteiger partial charge is 2.00 e. The number of halogens is 7. The second-order valence-corrected chi connectivity index (χ2v) is 9.75. The molecule has 3 heterocycles. The molecule has 0 fully saturated rings. The number of Topliss-reactive ketones (excluding diaryl/α,β-unsaturated/α-hetero) is 1. The van der Waals surface area contributed by atoms with Gasteiger partial charge in [0.25, 0.3) is 0 Å². The molecule has 0 radical (unpaired) electrons. The molecule has 15 heteroatoms. The van der Waals surface area contributed by atoms with Gasteiger partial charge in [-0.05, 0) is 104 Å². The average molecular weight is 823 g/mol. The van der Waals surface area contributed by atoms with Gasteiger partial charge in [-0.15, -0.1) is 8.58 Å². The fourth-order valence-corrected chi connectivity index (χ4v) is 2.86. The van der Waals surface area contributed by atoms with Crippen molar-refractivity contribution in [2.45, 2.75) is 20.0 Å². The maximum atomic E-state index is 12.8. The minimum absolute atomic E-state index is 0. The first-order chi connectivity index (χ1) is 16.4. The third kappa shape index (κ3) is 18.1. The topological polar surface area (TPSA) is 93.0 Å². The van der Waals surface area contributed by atoms with Crippen LogP contribution in [-0.2, 0) is 0 Å². The van der Waals surface area contributed by atoms with Crippen molar-refractivity contribution in [1.29, 1.82) is 0 Å². The molecule has 0 aliphatic carbocycles. The maximum Gasteiger partial charge on any atom is 2.00 e. The van der Waals surface area contributed by atoms with Gasteiger partial charge >= 0.3 is 23.1 Å². The van der Waals surface area contributed by atoms with E-state index >= 15 is 0 Å². The van der Waals surface area contributed by atoms with Crippen LogP contribution >= 0.6 is 56.4 Å². The van der Waals surface area contributed by atoms with Crippen LogP contribution in [0.1, 0.15) is 46.6 Å². The summed E-state index contributed by atoms with van der Waals surface area (Å²) in [6.07, 6.45) is -0.493. The molecular weight excluding hydrogens is 798 g/mol. The number of carbonyl (C=O) groups excluding carboxylic acids is 2. The number of aldehydes is 1. The molecule has 38 heavy (non-hydrogen) atoms. The van der Waals surface area contributed by atoms with Gasteiger partial charge in [0.05, 0.1) is 6.10 Å². The van der Waals surface area contributed by atoms with Crippen molar-refractivity contribution in [2.75, 3.05) is 13.3 Å². The zero-order chi connectivity index (χ0) is 27.1. The van der Waals surface area contributed by atoms with E-state index in [1.54, 1.807) is 0 Å². The molecule has 0 bridgehead atoms. The van der Waals surface area contributed by atoms with E-state index in [4.69, 9.17) is 5.11 Å². The van der Waals surface area contributed by atoms with E-state index in [-0.39, 0.29) is 70.3 Å². The second-order valence-electron chi connectivity index (χ2n) is 6.32. The van der Waals surface area contributed by atoms with E-state index < -0.39 is 23.6 Å². The Morgan fingerprint density at radius 3 is 1.63 bits per heavy atom. The van der Waals surface area contributed by atoms with Gasteiger partial charge in [0.2, 0.25) is 0 Å². The molecule has 0 amide bonds. The molecular formula is C23H25Br4F3MgN3O3P. The first kappa shape index (κ1) is 44.7. The average Bonchev–Trinajstić information content (AvgIpc) is 2.79. The number of nitrogens with zero attached hydrogens (tertiary/aromatic N) is 3. The van der Waals surface area contributed by atoms with Crippen LogP contribution in [0, 0.1) is 24.9 Å². The second kappa shape index (κ2) is 24.5. The van der Waals surface area contributed by atoms with Crippen LogP contribution in [-0.4, -0.2) is 68.5 Å². The molecule has 1 unspecified atom stereocenters. The SMILES string of the molecule is CC(=O)c1nc(Br)ccc1F.CC(O)c1nc(Br)ccc1F.CPC.O=Cc1nc(Br)ccc1F.[Br-].[CH3-].[Mg+2]. The fraction of sp³-hybridized carbons (Fsp3) is 0.217. The number of ketones is 1. The molecule has 0 saturated carbocycles. The number of aliphatic hydroxyl groups excluding tert-OH is 1. The number of carbonyl (C=O) groups is 2.